The highest BCUT2D eigenvalue weighted by Gasteiger charge is 2.24. The van der Waals surface area contributed by atoms with Crippen LogP contribution in [0.2, 0.25) is 0 Å². The average Bonchev–Trinajstić information content (AvgIpc) is 2.70. The van der Waals surface area contributed by atoms with Gasteiger partial charge in [-0.05, 0) is 18.2 Å². The molecule has 5 heteroatoms. The van der Waals surface area contributed by atoms with E-state index < -0.39 is 5.97 Å². The molecule has 1 aromatic carbocycles. The molecule has 1 aliphatic heterocycles. The van der Waals surface area contributed by atoms with E-state index in [0.717, 1.165) is 0 Å². The number of rotatable bonds is 3. The Labute approximate surface area is 105 Å². The van der Waals surface area contributed by atoms with E-state index in [1.54, 1.807) is 24.3 Å². The molecule has 0 spiro atoms. The molecule has 0 bridgehead atoms. The third kappa shape index (κ3) is 2.51. The molecule has 0 N–H and O–H groups in total. The molecule has 1 aliphatic rings. The van der Waals surface area contributed by atoms with Gasteiger partial charge in [0, 0.05) is 25.9 Å². The Hall–Kier alpha value is -2.30. The molecule has 0 saturated heterocycles. The normalized spacial score (nSPS) is 16.5. The van der Waals surface area contributed by atoms with Gasteiger partial charge in [-0.3, -0.25) is 0 Å². The summed E-state index contributed by atoms with van der Waals surface area (Å²) in [7, 11) is 5.22. The number of carbonyl (C=O) groups excluding carboxylic acids is 1. The van der Waals surface area contributed by atoms with E-state index in [1.807, 2.05) is 32.3 Å². The van der Waals surface area contributed by atoms with Crippen molar-refractivity contribution in [3.63, 3.8) is 0 Å². The second-order valence-electron chi connectivity index (χ2n) is 4.02. The summed E-state index contributed by atoms with van der Waals surface area (Å²) in [6, 6.07) is 7.22. The number of nitrogens with zero attached hydrogens (tertiary/aromatic N) is 2. The van der Waals surface area contributed by atoms with E-state index in [4.69, 9.17) is 9.47 Å². The number of aliphatic imine (C=N–C) groups is 1. The van der Waals surface area contributed by atoms with Gasteiger partial charge in [0.25, 0.3) is 0 Å². The fraction of sp³-hybridized carbons (Fsp3) is 0.231. The van der Waals surface area contributed by atoms with Gasteiger partial charge in [0.05, 0.1) is 7.11 Å². The third-order valence-electron chi connectivity index (χ3n) is 2.32. The van der Waals surface area contributed by atoms with Crippen LogP contribution in [0.15, 0.2) is 41.2 Å². The van der Waals surface area contributed by atoms with E-state index in [2.05, 4.69) is 4.99 Å². The molecule has 0 fully saturated rings. The van der Waals surface area contributed by atoms with Crippen LogP contribution in [0.4, 0.5) is 0 Å². The van der Waals surface area contributed by atoms with Crippen LogP contribution in [0.5, 0.6) is 5.75 Å². The lowest BCUT2D eigenvalue weighted by molar-refractivity contribution is -0.130. The quantitative estimate of drug-likeness (QED) is 0.597. The van der Waals surface area contributed by atoms with E-state index in [9.17, 15) is 4.79 Å². The van der Waals surface area contributed by atoms with Crippen LogP contribution in [-0.4, -0.2) is 38.0 Å². The predicted molar refractivity (Wildman–Crippen MR) is 67.4 cm³/mol. The molecule has 0 atom stereocenters. The molecule has 0 saturated carbocycles. The highest BCUT2D eigenvalue weighted by molar-refractivity contribution is 6.11. The number of hydrogen-bond acceptors (Lipinski definition) is 5. The van der Waals surface area contributed by atoms with Crippen LogP contribution in [0.3, 0.4) is 0 Å². The maximum absolute atomic E-state index is 11.6. The maximum Gasteiger partial charge on any atom is 0.365 e. The van der Waals surface area contributed by atoms with E-state index in [-0.39, 0.29) is 5.70 Å². The molecule has 18 heavy (non-hydrogen) atoms. The molecule has 0 amide bonds. The van der Waals surface area contributed by atoms with Crippen LogP contribution in [0.1, 0.15) is 5.56 Å². The van der Waals surface area contributed by atoms with Gasteiger partial charge in [-0.2, -0.15) is 0 Å². The van der Waals surface area contributed by atoms with Gasteiger partial charge in [-0.25, -0.2) is 9.79 Å². The molecule has 0 aromatic heterocycles. The zero-order valence-electron chi connectivity index (χ0n) is 10.5. The number of ether oxygens (including phenoxy) is 2. The minimum Gasteiger partial charge on any atom is -0.497 e. The summed E-state index contributed by atoms with van der Waals surface area (Å²) in [5, 5.41) is 0. The lowest BCUT2D eigenvalue weighted by Gasteiger charge is -2.02. The van der Waals surface area contributed by atoms with Crippen molar-refractivity contribution in [2.75, 3.05) is 21.2 Å². The molecule has 0 radical (unpaired) electrons. The fourth-order valence-electron chi connectivity index (χ4n) is 1.52. The summed E-state index contributed by atoms with van der Waals surface area (Å²) < 4.78 is 10.2. The first kappa shape index (κ1) is 12.2. The van der Waals surface area contributed by atoms with Gasteiger partial charge < -0.3 is 14.4 Å². The number of hydrogen-bond donors (Lipinski definition) is 0. The number of methoxy groups -OCH3 is 1. The van der Waals surface area contributed by atoms with E-state index in [1.165, 1.54) is 0 Å². The average molecular weight is 246 g/mol. The zero-order valence-corrected chi connectivity index (χ0v) is 10.5. The molecule has 1 aromatic rings. The standard InChI is InChI=1S/C13H14N2O3/c1-15(2)8-11-13(16)18-12(14-11)9-5-4-6-10(7-9)17-3/h4-8H,1-3H3/b11-8-. The third-order valence-corrected chi connectivity index (χ3v) is 2.32. The predicted octanol–water partition coefficient (Wildman–Crippen LogP) is 1.40. The van der Waals surface area contributed by atoms with Crippen molar-refractivity contribution < 1.29 is 14.3 Å². The first-order valence-corrected chi connectivity index (χ1v) is 5.43. The van der Waals surface area contributed by atoms with Crippen molar-refractivity contribution in [3.05, 3.63) is 41.7 Å². The van der Waals surface area contributed by atoms with Gasteiger partial charge >= 0.3 is 5.97 Å². The molecule has 5 nitrogen and oxygen atoms in total. The van der Waals surface area contributed by atoms with Gasteiger partial charge in [-0.15, -0.1) is 0 Å². The monoisotopic (exact) mass is 246 g/mol. The van der Waals surface area contributed by atoms with Crippen molar-refractivity contribution in [1.29, 1.82) is 0 Å². The number of cyclic esters (lactones) is 1. The lowest BCUT2D eigenvalue weighted by Crippen LogP contribution is -2.08. The first-order valence-electron chi connectivity index (χ1n) is 5.43. The Bertz CT molecular complexity index is 533. The summed E-state index contributed by atoms with van der Waals surface area (Å²) in [5.41, 5.74) is 1.00. The Morgan fingerprint density at radius 1 is 1.39 bits per heavy atom. The lowest BCUT2D eigenvalue weighted by atomic mass is 10.2. The fourth-order valence-corrected chi connectivity index (χ4v) is 1.52. The largest absolute Gasteiger partial charge is 0.497 e. The Morgan fingerprint density at radius 3 is 2.83 bits per heavy atom. The first-order chi connectivity index (χ1) is 8.60. The Morgan fingerprint density at radius 2 is 2.17 bits per heavy atom. The highest BCUT2D eigenvalue weighted by Crippen LogP contribution is 2.19. The second kappa shape index (κ2) is 4.91. The molecular weight excluding hydrogens is 232 g/mol. The van der Waals surface area contributed by atoms with Gasteiger partial charge in [0.1, 0.15) is 5.75 Å². The van der Waals surface area contributed by atoms with Crippen molar-refractivity contribution >= 4 is 11.9 Å². The Kier molecular flexibility index (Phi) is 3.32. The van der Waals surface area contributed by atoms with Crippen LogP contribution in [0, 0.1) is 0 Å². The number of esters is 1. The SMILES string of the molecule is COc1cccc(C2=N/C(=C\N(C)C)C(=O)O2)c1. The molecule has 1 heterocycles. The smallest absolute Gasteiger partial charge is 0.365 e. The van der Waals surface area contributed by atoms with Gasteiger partial charge in [0.15, 0.2) is 5.70 Å². The maximum atomic E-state index is 11.6. The van der Waals surface area contributed by atoms with Gasteiger partial charge in [0.2, 0.25) is 5.90 Å². The summed E-state index contributed by atoms with van der Waals surface area (Å²) >= 11 is 0. The number of benzene rings is 1. The minimum absolute atomic E-state index is 0.290. The van der Waals surface area contributed by atoms with Crippen molar-refractivity contribution in [2.24, 2.45) is 4.99 Å². The Balaban J connectivity index is 2.32. The molecule has 0 unspecified atom stereocenters. The summed E-state index contributed by atoms with van der Waals surface area (Å²) in [6.45, 7) is 0. The summed E-state index contributed by atoms with van der Waals surface area (Å²) in [5.74, 6) is 0.546. The van der Waals surface area contributed by atoms with Crippen LogP contribution in [0.25, 0.3) is 0 Å². The van der Waals surface area contributed by atoms with Crippen LogP contribution < -0.4 is 4.74 Å². The van der Waals surface area contributed by atoms with Crippen molar-refractivity contribution in [3.8, 4) is 5.75 Å². The molecule has 2 rings (SSSR count). The molecule has 0 aliphatic carbocycles. The van der Waals surface area contributed by atoms with Gasteiger partial charge in [-0.1, -0.05) is 6.07 Å². The minimum atomic E-state index is -0.443. The summed E-state index contributed by atoms with van der Waals surface area (Å²) in [6.07, 6.45) is 1.62. The topological polar surface area (TPSA) is 51.1 Å². The van der Waals surface area contributed by atoms with Crippen LogP contribution >= 0.6 is 0 Å². The highest BCUT2D eigenvalue weighted by atomic mass is 16.6. The molecular formula is C13H14N2O3. The van der Waals surface area contributed by atoms with Crippen molar-refractivity contribution in [1.82, 2.24) is 4.90 Å². The number of carbonyl (C=O) groups is 1. The summed E-state index contributed by atoms with van der Waals surface area (Å²) in [4.78, 5) is 17.5. The van der Waals surface area contributed by atoms with Crippen molar-refractivity contribution in [2.45, 2.75) is 0 Å². The molecule has 94 valence electrons. The second-order valence-corrected chi connectivity index (χ2v) is 4.02. The van der Waals surface area contributed by atoms with E-state index in [0.29, 0.717) is 17.2 Å². The zero-order chi connectivity index (χ0) is 13.1. The van der Waals surface area contributed by atoms with E-state index >= 15 is 0 Å². The van der Waals surface area contributed by atoms with Crippen LogP contribution in [-0.2, 0) is 9.53 Å².